The Bertz CT molecular complexity index is 1010. The third kappa shape index (κ3) is 4.30. The van der Waals surface area contributed by atoms with Crippen LogP contribution in [0.2, 0.25) is 0 Å². The molecule has 2 atom stereocenters. The van der Waals surface area contributed by atoms with Crippen LogP contribution in [-0.4, -0.2) is 38.0 Å². The lowest BCUT2D eigenvalue weighted by Gasteiger charge is -2.37. The topological polar surface area (TPSA) is 64.0 Å². The van der Waals surface area contributed by atoms with Crippen molar-refractivity contribution >= 4 is 0 Å². The Balaban J connectivity index is 2.04. The van der Waals surface area contributed by atoms with E-state index in [4.69, 9.17) is 9.47 Å². The Morgan fingerprint density at radius 1 is 1.12 bits per heavy atom. The van der Waals surface area contributed by atoms with Crippen LogP contribution in [0, 0.1) is 11.3 Å². The van der Waals surface area contributed by atoms with Crippen molar-refractivity contribution in [3.8, 4) is 11.8 Å². The minimum Gasteiger partial charge on any atom is -0.457 e. The van der Waals surface area contributed by atoms with Gasteiger partial charge >= 0.3 is 12.4 Å². The lowest BCUT2D eigenvalue weighted by atomic mass is 9.89. The number of hydrogen-bond donors (Lipinski definition) is 0. The van der Waals surface area contributed by atoms with Crippen molar-refractivity contribution in [3.05, 3.63) is 52.8 Å². The van der Waals surface area contributed by atoms with Gasteiger partial charge in [0.2, 0.25) is 5.60 Å². The van der Waals surface area contributed by atoms with Gasteiger partial charge in [0.15, 0.2) is 0 Å². The molecule has 1 aromatic rings. The Labute approximate surface area is 192 Å². The number of alkyl halides is 6. The summed E-state index contributed by atoms with van der Waals surface area (Å²) in [6, 6.07) is 4.66. The molecule has 1 saturated heterocycles. The molecule has 1 fully saturated rings. The zero-order chi connectivity index (χ0) is 25.4. The molecule has 1 heterocycles. The molecule has 2 aliphatic rings. The SMILES string of the molecule is CCCc1cc(C(OCOC)(C(F)(F)F)C(F)(F)F)ccc1OC1=CC2OC2(C#N)C(CC)=C1. The van der Waals surface area contributed by atoms with Crippen molar-refractivity contribution in [2.24, 2.45) is 0 Å². The summed E-state index contributed by atoms with van der Waals surface area (Å²) in [6.07, 6.45) is -7.90. The van der Waals surface area contributed by atoms with Crippen LogP contribution in [0.25, 0.3) is 0 Å². The number of halogens is 6. The van der Waals surface area contributed by atoms with Crippen molar-refractivity contribution in [3.63, 3.8) is 0 Å². The molecule has 0 saturated carbocycles. The van der Waals surface area contributed by atoms with E-state index in [2.05, 4.69) is 15.5 Å². The lowest BCUT2D eigenvalue weighted by Crippen LogP contribution is -2.56. The molecule has 0 spiro atoms. The fourth-order valence-corrected chi connectivity index (χ4v) is 4.01. The molecular formula is C23H23F6NO4. The first kappa shape index (κ1) is 26.1. The van der Waals surface area contributed by atoms with Crippen molar-refractivity contribution in [1.29, 1.82) is 5.26 Å². The summed E-state index contributed by atoms with van der Waals surface area (Å²) in [7, 11) is 0.928. The maximum atomic E-state index is 13.9. The normalized spacial score (nSPS) is 22.4. The summed E-state index contributed by atoms with van der Waals surface area (Å²) in [4.78, 5) is 0. The summed E-state index contributed by atoms with van der Waals surface area (Å²) in [5.74, 6) is 0.391. The summed E-state index contributed by atoms with van der Waals surface area (Å²) in [6.45, 7) is 2.34. The number of nitrogens with zero attached hydrogens (tertiary/aromatic N) is 1. The van der Waals surface area contributed by atoms with Gasteiger partial charge in [0.25, 0.3) is 5.60 Å². The minimum absolute atomic E-state index is 0.0960. The quantitative estimate of drug-likeness (QED) is 0.246. The van der Waals surface area contributed by atoms with Gasteiger partial charge in [-0.2, -0.15) is 31.6 Å². The number of benzene rings is 1. The van der Waals surface area contributed by atoms with E-state index in [1.807, 2.05) is 6.92 Å². The highest BCUT2D eigenvalue weighted by molar-refractivity contribution is 5.50. The first-order chi connectivity index (χ1) is 15.9. The maximum Gasteiger partial charge on any atom is 0.430 e. The van der Waals surface area contributed by atoms with E-state index in [1.54, 1.807) is 19.1 Å². The molecule has 5 nitrogen and oxygen atoms in total. The second-order valence-electron chi connectivity index (χ2n) is 7.88. The summed E-state index contributed by atoms with van der Waals surface area (Å²) in [5.41, 5.74) is -5.93. The van der Waals surface area contributed by atoms with Gasteiger partial charge in [-0.1, -0.05) is 26.3 Å². The number of rotatable bonds is 9. The van der Waals surface area contributed by atoms with Gasteiger partial charge < -0.3 is 18.9 Å². The van der Waals surface area contributed by atoms with E-state index in [0.29, 0.717) is 30.2 Å². The molecule has 0 bridgehead atoms. The molecule has 1 aliphatic heterocycles. The molecule has 2 unspecified atom stereocenters. The molecule has 34 heavy (non-hydrogen) atoms. The average molecular weight is 491 g/mol. The van der Waals surface area contributed by atoms with Crippen molar-refractivity contribution in [2.75, 3.05) is 13.9 Å². The predicted octanol–water partition coefficient (Wildman–Crippen LogP) is 5.85. The third-order valence-corrected chi connectivity index (χ3v) is 5.72. The average Bonchev–Trinajstić information content (AvgIpc) is 3.48. The number of hydrogen-bond acceptors (Lipinski definition) is 5. The number of ether oxygens (including phenoxy) is 4. The highest BCUT2D eigenvalue weighted by Crippen LogP contribution is 2.54. The van der Waals surface area contributed by atoms with Gasteiger partial charge in [-0.15, -0.1) is 0 Å². The van der Waals surface area contributed by atoms with E-state index in [1.165, 1.54) is 0 Å². The second-order valence-corrected chi connectivity index (χ2v) is 7.88. The number of nitriles is 1. The van der Waals surface area contributed by atoms with Crippen molar-refractivity contribution in [2.45, 2.75) is 62.8 Å². The second kappa shape index (κ2) is 9.24. The van der Waals surface area contributed by atoms with Gasteiger partial charge in [0.1, 0.15) is 30.5 Å². The molecule has 11 heteroatoms. The first-order valence-electron chi connectivity index (χ1n) is 10.5. The van der Waals surface area contributed by atoms with E-state index < -0.39 is 42.0 Å². The molecule has 1 aromatic carbocycles. The standard InChI is InChI=1S/C23H23F6NO4/c1-4-6-14-9-16(21(22(24,25)26,23(27,28)29)32-13-31-3)7-8-18(14)33-17-10-15(5-2)20(12-30)19(11-17)34-20/h7-11,19H,4-6,13H2,1-3H3. The number of epoxide rings is 1. The number of allylic oxidation sites excluding steroid dienone is 1. The van der Waals surface area contributed by atoms with Gasteiger partial charge in [0, 0.05) is 12.7 Å². The van der Waals surface area contributed by atoms with E-state index in [9.17, 15) is 31.6 Å². The van der Waals surface area contributed by atoms with Crippen LogP contribution in [0.15, 0.2) is 41.7 Å². The fraction of sp³-hybridized carbons (Fsp3) is 0.522. The van der Waals surface area contributed by atoms with Crippen LogP contribution in [0.4, 0.5) is 26.3 Å². The summed E-state index contributed by atoms with van der Waals surface area (Å²) < 4.78 is 103. The fourth-order valence-electron chi connectivity index (χ4n) is 4.01. The molecule has 0 aromatic heterocycles. The Morgan fingerprint density at radius 2 is 1.79 bits per heavy atom. The molecule has 0 N–H and O–H groups in total. The summed E-state index contributed by atoms with van der Waals surface area (Å²) >= 11 is 0. The number of methoxy groups -OCH3 is 1. The predicted molar refractivity (Wildman–Crippen MR) is 107 cm³/mol. The number of fused-ring (bicyclic) bond motifs is 1. The first-order valence-corrected chi connectivity index (χ1v) is 10.5. The van der Waals surface area contributed by atoms with E-state index in [-0.39, 0.29) is 17.7 Å². The maximum absolute atomic E-state index is 13.9. The van der Waals surface area contributed by atoms with Crippen LogP contribution in [0.1, 0.15) is 37.8 Å². The Morgan fingerprint density at radius 3 is 2.32 bits per heavy atom. The van der Waals surface area contributed by atoms with Crippen LogP contribution in [0.3, 0.4) is 0 Å². The van der Waals surface area contributed by atoms with E-state index >= 15 is 0 Å². The molecule has 3 rings (SSSR count). The molecule has 0 amide bonds. The van der Waals surface area contributed by atoms with Crippen molar-refractivity contribution in [1.82, 2.24) is 0 Å². The minimum atomic E-state index is -5.82. The van der Waals surface area contributed by atoms with Crippen LogP contribution in [0.5, 0.6) is 5.75 Å². The molecule has 0 radical (unpaired) electrons. The van der Waals surface area contributed by atoms with Gasteiger partial charge in [0.05, 0.1) is 0 Å². The third-order valence-electron chi connectivity index (χ3n) is 5.72. The lowest BCUT2D eigenvalue weighted by molar-refractivity contribution is -0.400. The smallest absolute Gasteiger partial charge is 0.430 e. The van der Waals surface area contributed by atoms with Gasteiger partial charge in [-0.25, -0.2) is 0 Å². The van der Waals surface area contributed by atoms with E-state index in [0.717, 1.165) is 19.2 Å². The highest BCUT2D eigenvalue weighted by Gasteiger charge is 2.73. The highest BCUT2D eigenvalue weighted by atomic mass is 19.4. The molecule has 1 aliphatic carbocycles. The van der Waals surface area contributed by atoms with Crippen molar-refractivity contribution < 1.29 is 45.3 Å². The monoisotopic (exact) mass is 491 g/mol. The number of aryl methyl sites for hydroxylation is 1. The van der Waals surface area contributed by atoms with Crippen LogP contribution >= 0.6 is 0 Å². The Kier molecular flexibility index (Phi) is 7.09. The molecule has 186 valence electrons. The zero-order valence-electron chi connectivity index (χ0n) is 18.6. The Hall–Kier alpha value is -2.55. The zero-order valence-corrected chi connectivity index (χ0v) is 18.6. The van der Waals surface area contributed by atoms with Crippen LogP contribution in [-0.2, 0) is 26.2 Å². The summed E-state index contributed by atoms with van der Waals surface area (Å²) in [5, 5.41) is 9.39. The molecular weight excluding hydrogens is 468 g/mol. The largest absolute Gasteiger partial charge is 0.457 e. The van der Waals surface area contributed by atoms with Gasteiger partial charge in [-0.05, 0) is 48.3 Å². The van der Waals surface area contributed by atoms with Gasteiger partial charge in [-0.3, -0.25) is 0 Å². The van der Waals surface area contributed by atoms with Crippen LogP contribution < -0.4 is 4.74 Å².